The minimum absolute atomic E-state index is 0.00954. The van der Waals surface area contributed by atoms with Gasteiger partial charge in [0.2, 0.25) is 5.82 Å². The van der Waals surface area contributed by atoms with E-state index in [9.17, 15) is 9.59 Å². The Labute approximate surface area is 108 Å². The third-order valence-corrected chi connectivity index (χ3v) is 2.58. The van der Waals surface area contributed by atoms with Crippen molar-refractivity contribution in [2.45, 2.75) is 13.7 Å². The molecule has 0 saturated heterocycles. The van der Waals surface area contributed by atoms with Crippen molar-refractivity contribution in [1.29, 1.82) is 0 Å². The van der Waals surface area contributed by atoms with Crippen LogP contribution < -0.4 is 5.32 Å². The first-order chi connectivity index (χ1) is 8.11. The number of carbonyl (C=O) groups excluding carboxylic acids is 2. The minimum Gasteiger partial charge on any atom is -0.361 e. The van der Waals surface area contributed by atoms with E-state index in [1.807, 2.05) is 0 Å². The molecule has 0 aliphatic carbocycles. The third kappa shape index (κ3) is 3.42. The van der Waals surface area contributed by atoms with Gasteiger partial charge < -0.3 is 14.8 Å². The smallest absolute Gasteiger partial charge is 0.287 e. The van der Waals surface area contributed by atoms with Gasteiger partial charge in [0, 0.05) is 6.61 Å². The van der Waals surface area contributed by atoms with Crippen LogP contribution in [0.3, 0.4) is 0 Å². The quantitative estimate of drug-likeness (QED) is 0.792. The van der Waals surface area contributed by atoms with Crippen LogP contribution in [0.4, 0.5) is 0 Å². The number of carbonyl (C=O) groups is 2. The molecule has 94 valence electrons. The second-order valence-electron chi connectivity index (χ2n) is 2.94. The first kappa shape index (κ1) is 14.0. The van der Waals surface area contributed by atoms with E-state index in [1.54, 1.807) is 6.92 Å². The van der Waals surface area contributed by atoms with Gasteiger partial charge in [0.15, 0.2) is 5.15 Å². The van der Waals surface area contributed by atoms with E-state index >= 15 is 0 Å². The standard InChI is InChI=1S/C9H11Cl2N3O3/c1-2-17-5-14-7(11)6(10)13-8(14)9(16)12-3-4-15/h4H,2-3,5H2,1H3,(H,12,16). The summed E-state index contributed by atoms with van der Waals surface area (Å²) < 4.78 is 6.47. The largest absolute Gasteiger partial charge is 0.361 e. The fraction of sp³-hybridized carbons (Fsp3) is 0.444. The fourth-order valence-electron chi connectivity index (χ4n) is 1.09. The summed E-state index contributed by atoms with van der Waals surface area (Å²) in [4.78, 5) is 25.6. The number of aromatic nitrogens is 2. The predicted octanol–water partition coefficient (Wildman–Crippen LogP) is 1.11. The van der Waals surface area contributed by atoms with Gasteiger partial charge in [-0.25, -0.2) is 4.98 Å². The molecule has 0 aliphatic rings. The lowest BCUT2D eigenvalue weighted by atomic mass is 10.5. The van der Waals surface area contributed by atoms with Crippen molar-refractivity contribution in [3.8, 4) is 0 Å². The molecular weight excluding hydrogens is 269 g/mol. The summed E-state index contributed by atoms with van der Waals surface area (Å²) in [6.07, 6.45) is 0.566. The van der Waals surface area contributed by atoms with Gasteiger partial charge in [-0.1, -0.05) is 23.2 Å². The molecule has 8 heteroatoms. The number of aldehydes is 1. The summed E-state index contributed by atoms with van der Waals surface area (Å²) in [5.41, 5.74) is 0. The van der Waals surface area contributed by atoms with Crippen LogP contribution in [0.1, 0.15) is 17.5 Å². The Morgan fingerprint density at radius 1 is 1.59 bits per heavy atom. The van der Waals surface area contributed by atoms with E-state index in [4.69, 9.17) is 27.9 Å². The van der Waals surface area contributed by atoms with E-state index in [2.05, 4.69) is 10.3 Å². The van der Waals surface area contributed by atoms with E-state index in [0.717, 1.165) is 0 Å². The molecule has 1 aromatic heterocycles. The average Bonchev–Trinajstić information content (AvgIpc) is 2.60. The Balaban J connectivity index is 2.93. The van der Waals surface area contributed by atoms with Gasteiger partial charge in [0.05, 0.1) is 6.54 Å². The number of nitrogens with zero attached hydrogens (tertiary/aromatic N) is 2. The summed E-state index contributed by atoms with van der Waals surface area (Å²) in [6.45, 7) is 2.23. The normalized spacial score (nSPS) is 10.3. The monoisotopic (exact) mass is 279 g/mol. The number of hydrogen-bond acceptors (Lipinski definition) is 4. The zero-order valence-corrected chi connectivity index (χ0v) is 10.6. The molecule has 1 N–H and O–H groups in total. The summed E-state index contributed by atoms with van der Waals surface area (Å²) in [5.74, 6) is -0.527. The number of ether oxygens (including phenoxy) is 1. The highest BCUT2D eigenvalue weighted by Crippen LogP contribution is 2.22. The van der Waals surface area contributed by atoms with Crippen molar-refractivity contribution < 1.29 is 14.3 Å². The van der Waals surface area contributed by atoms with Gasteiger partial charge in [0.1, 0.15) is 18.2 Å². The van der Waals surface area contributed by atoms with Gasteiger partial charge in [-0.3, -0.25) is 9.36 Å². The molecule has 0 radical (unpaired) electrons. The molecule has 0 aromatic carbocycles. The first-order valence-electron chi connectivity index (χ1n) is 4.82. The van der Waals surface area contributed by atoms with Crippen LogP contribution in [0.15, 0.2) is 0 Å². The first-order valence-corrected chi connectivity index (χ1v) is 5.58. The van der Waals surface area contributed by atoms with Crippen molar-refractivity contribution in [2.24, 2.45) is 0 Å². The van der Waals surface area contributed by atoms with Crippen molar-refractivity contribution >= 4 is 35.4 Å². The van der Waals surface area contributed by atoms with E-state index in [1.165, 1.54) is 4.57 Å². The predicted molar refractivity (Wildman–Crippen MR) is 62.3 cm³/mol. The molecule has 1 aromatic rings. The molecule has 0 fully saturated rings. The molecular formula is C9H11Cl2N3O3. The molecule has 1 amide bonds. The topological polar surface area (TPSA) is 73.2 Å². The number of imidazole rings is 1. The lowest BCUT2D eigenvalue weighted by Gasteiger charge is -2.07. The molecule has 6 nitrogen and oxygen atoms in total. The zero-order chi connectivity index (χ0) is 12.8. The molecule has 0 spiro atoms. The zero-order valence-electron chi connectivity index (χ0n) is 9.07. The molecule has 0 unspecified atom stereocenters. The highest BCUT2D eigenvalue weighted by Gasteiger charge is 2.19. The maximum atomic E-state index is 11.6. The summed E-state index contributed by atoms with van der Waals surface area (Å²) in [6, 6.07) is 0. The Bertz CT molecular complexity index is 420. The molecule has 1 rings (SSSR count). The third-order valence-electron chi connectivity index (χ3n) is 1.84. The second-order valence-corrected chi connectivity index (χ2v) is 3.66. The fourth-order valence-corrected chi connectivity index (χ4v) is 1.44. The molecule has 0 atom stereocenters. The molecule has 0 aliphatic heterocycles. The Morgan fingerprint density at radius 2 is 2.29 bits per heavy atom. The molecule has 1 heterocycles. The number of halogens is 2. The van der Waals surface area contributed by atoms with Crippen molar-refractivity contribution in [3.63, 3.8) is 0 Å². The number of nitrogens with one attached hydrogen (secondary N) is 1. The summed E-state index contributed by atoms with van der Waals surface area (Å²) in [7, 11) is 0. The number of rotatable bonds is 6. The van der Waals surface area contributed by atoms with Crippen LogP contribution in [0.25, 0.3) is 0 Å². The Kier molecular flexibility index (Phi) is 5.40. The number of hydrogen-bond donors (Lipinski definition) is 1. The van der Waals surface area contributed by atoms with Gasteiger partial charge in [-0.15, -0.1) is 0 Å². The average molecular weight is 280 g/mol. The number of amides is 1. The van der Waals surface area contributed by atoms with Crippen molar-refractivity contribution in [2.75, 3.05) is 13.2 Å². The SMILES string of the molecule is CCOCn1c(C(=O)NCC=O)nc(Cl)c1Cl. The Hall–Kier alpha value is -1.11. The van der Waals surface area contributed by atoms with Crippen LogP contribution in [-0.2, 0) is 16.3 Å². The summed E-state index contributed by atoms with van der Waals surface area (Å²) in [5, 5.41) is 2.48. The van der Waals surface area contributed by atoms with E-state index in [0.29, 0.717) is 12.9 Å². The highest BCUT2D eigenvalue weighted by atomic mass is 35.5. The second kappa shape index (κ2) is 6.58. The van der Waals surface area contributed by atoms with E-state index < -0.39 is 5.91 Å². The van der Waals surface area contributed by atoms with Crippen LogP contribution in [0, 0.1) is 0 Å². The highest BCUT2D eigenvalue weighted by molar-refractivity contribution is 6.40. The molecule has 17 heavy (non-hydrogen) atoms. The lowest BCUT2D eigenvalue weighted by Crippen LogP contribution is -2.28. The van der Waals surface area contributed by atoms with Crippen LogP contribution in [0.5, 0.6) is 0 Å². The summed E-state index contributed by atoms with van der Waals surface area (Å²) >= 11 is 11.6. The van der Waals surface area contributed by atoms with E-state index in [-0.39, 0.29) is 29.4 Å². The lowest BCUT2D eigenvalue weighted by molar-refractivity contribution is -0.107. The van der Waals surface area contributed by atoms with Gasteiger partial charge in [-0.05, 0) is 6.92 Å². The van der Waals surface area contributed by atoms with Crippen LogP contribution in [0.2, 0.25) is 10.3 Å². The maximum absolute atomic E-state index is 11.6. The molecule has 0 bridgehead atoms. The van der Waals surface area contributed by atoms with Crippen LogP contribution in [-0.4, -0.2) is 34.9 Å². The van der Waals surface area contributed by atoms with Crippen LogP contribution >= 0.6 is 23.2 Å². The molecule has 0 saturated carbocycles. The van der Waals surface area contributed by atoms with Gasteiger partial charge in [0.25, 0.3) is 5.91 Å². The Morgan fingerprint density at radius 3 is 2.88 bits per heavy atom. The van der Waals surface area contributed by atoms with Crippen molar-refractivity contribution in [3.05, 3.63) is 16.1 Å². The maximum Gasteiger partial charge on any atom is 0.287 e. The van der Waals surface area contributed by atoms with Gasteiger partial charge >= 0.3 is 0 Å². The van der Waals surface area contributed by atoms with Gasteiger partial charge in [-0.2, -0.15) is 0 Å². The van der Waals surface area contributed by atoms with Crippen molar-refractivity contribution in [1.82, 2.24) is 14.9 Å². The minimum atomic E-state index is -0.536.